The van der Waals surface area contributed by atoms with Crippen molar-refractivity contribution in [3.63, 3.8) is 0 Å². The quantitative estimate of drug-likeness (QED) is 0.785. The molecule has 0 saturated heterocycles. The zero-order chi connectivity index (χ0) is 11.7. The molecule has 2 nitrogen and oxygen atoms in total. The molecule has 0 aliphatic heterocycles. The van der Waals surface area contributed by atoms with Crippen molar-refractivity contribution in [1.82, 2.24) is 9.55 Å². The van der Waals surface area contributed by atoms with Crippen molar-refractivity contribution in [3.8, 4) is 0 Å². The molecule has 0 aliphatic carbocycles. The van der Waals surface area contributed by atoms with Gasteiger partial charge in [-0.1, -0.05) is 17.7 Å². The van der Waals surface area contributed by atoms with Gasteiger partial charge in [0, 0.05) is 16.3 Å². The van der Waals surface area contributed by atoms with Crippen molar-refractivity contribution in [2.45, 2.75) is 20.4 Å². The fourth-order valence-corrected chi connectivity index (χ4v) is 1.70. The first-order chi connectivity index (χ1) is 7.58. The summed E-state index contributed by atoms with van der Waals surface area (Å²) in [6.45, 7) is 4.38. The number of imidazole rings is 1. The van der Waals surface area contributed by atoms with E-state index in [9.17, 15) is 4.39 Å². The second-order valence-corrected chi connectivity index (χ2v) is 4.22. The van der Waals surface area contributed by atoms with Crippen LogP contribution in [0.25, 0.3) is 0 Å². The van der Waals surface area contributed by atoms with E-state index in [4.69, 9.17) is 11.6 Å². The molecular weight excluding hydrogens is 227 g/mol. The molecule has 1 heterocycles. The summed E-state index contributed by atoms with van der Waals surface area (Å²) in [5, 5.41) is 0.416. The van der Waals surface area contributed by atoms with Gasteiger partial charge in [-0.05, 0) is 26.0 Å². The summed E-state index contributed by atoms with van der Waals surface area (Å²) >= 11 is 5.70. The van der Waals surface area contributed by atoms with E-state index in [1.165, 1.54) is 6.07 Å². The molecule has 1 aromatic carbocycles. The second-order valence-electron chi connectivity index (χ2n) is 3.78. The van der Waals surface area contributed by atoms with Crippen LogP contribution in [-0.2, 0) is 6.54 Å². The van der Waals surface area contributed by atoms with Gasteiger partial charge in [0.15, 0.2) is 0 Å². The SMILES string of the molecule is Cc1ncn(Cc2ccc(Cl)cc2F)c1C. The number of rotatable bonds is 2. The Balaban J connectivity index is 2.30. The van der Waals surface area contributed by atoms with Crippen molar-refractivity contribution in [1.29, 1.82) is 0 Å². The number of aryl methyl sites for hydroxylation is 1. The minimum absolute atomic E-state index is 0.279. The molecule has 16 heavy (non-hydrogen) atoms. The highest BCUT2D eigenvalue weighted by Gasteiger charge is 2.06. The molecule has 0 radical (unpaired) electrons. The van der Waals surface area contributed by atoms with Gasteiger partial charge < -0.3 is 4.57 Å². The van der Waals surface area contributed by atoms with Crippen LogP contribution in [0.15, 0.2) is 24.5 Å². The number of halogens is 2. The molecule has 2 rings (SSSR count). The van der Waals surface area contributed by atoms with E-state index in [0.717, 1.165) is 11.4 Å². The van der Waals surface area contributed by atoms with Gasteiger partial charge in [-0.2, -0.15) is 0 Å². The number of hydrogen-bond acceptors (Lipinski definition) is 1. The molecule has 1 aromatic heterocycles. The molecule has 0 saturated carbocycles. The summed E-state index contributed by atoms with van der Waals surface area (Å²) in [6.07, 6.45) is 1.72. The summed E-state index contributed by atoms with van der Waals surface area (Å²) in [5.74, 6) is -0.279. The standard InChI is InChI=1S/C12H12ClFN2/c1-8-9(2)16(7-15-8)6-10-3-4-11(13)5-12(10)14/h3-5,7H,6H2,1-2H3. The van der Waals surface area contributed by atoms with Crippen LogP contribution in [0.2, 0.25) is 5.02 Å². The van der Waals surface area contributed by atoms with E-state index in [1.807, 2.05) is 18.4 Å². The van der Waals surface area contributed by atoms with Gasteiger partial charge in [-0.15, -0.1) is 0 Å². The minimum Gasteiger partial charge on any atom is -0.330 e. The molecule has 0 fully saturated rings. The minimum atomic E-state index is -0.279. The van der Waals surface area contributed by atoms with Gasteiger partial charge in [-0.3, -0.25) is 0 Å². The molecule has 2 aromatic rings. The zero-order valence-corrected chi connectivity index (χ0v) is 9.92. The molecular formula is C12H12ClFN2. The fourth-order valence-electron chi connectivity index (χ4n) is 1.54. The smallest absolute Gasteiger partial charge is 0.129 e. The van der Waals surface area contributed by atoms with Gasteiger partial charge in [-0.25, -0.2) is 9.37 Å². The zero-order valence-electron chi connectivity index (χ0n) is 9.17. The van der Waals surface area contributed by atoms with Crippen LogP contribution < -0.4 is 0 Å². The highest BCUT2D eigenvalue weighted by molar-refractivity contribution is 6.30. The highest BCUT2D eigenvalue weighted by atomic mass is 35.5. The van der Waals surface area contributed by atoms with E-state index in [0.29, 0.717) is 17.1 Å². The van der Waals surface area contributed by atoms with Gasteiger partial charge in [0.05, 0.1) is 18.6 Å². The van der Waals surface area contributed by atoms with Gasteiger partial charge in [0.1, 0.15) is 5.82 Å². The van der Waals surface area contributed by atoms with Crippen LogP contribution >= 0.6 is 11.6 Å². The summed E-state index contributed by atoms with van der Waals surface area (Å²) < 4.78 is 15.5. The second kappa shape index (κ2) is 4.26. The lowest BCUT2D eigenvalue weighted by atomic mass is 10.2. The average Bonchev–Trinajstić information content (AvgIpc) is 2.54. The topological polar surface area (TPSA) is 17.8 Å². The summed E-state index contributed by atoms with van der Waals surface area (Å²) in [5.41, 5.74) is 2.63. The van der Waals surface area contributed by atoms with Gasteiger partial charge >= 0.3 is 0 Å². The molecule has 0 aliphatic rings. The normalized spacial score (nSPS) is 10.8. The fraction of sp³-hybridized carbons (Fsp3) is 0.250. The number of hydrogen-bond donors (Lipinski definition) is 0. The first-order valence-electron chi connectivity index (χ1n) is 5.00. The summed E-state index contributed by atoms with van der Waals surface area (Å²) in [7, 11) is 0. The largest absolute Gasteiger partial charge is 0.330 e. The number of nitrogens with zero attached hydrogens (tertiary/aromatic N) is 2. The third-order valence-electron chi connectivity index (χ3n) is 2.70. The third kappa shape index (κ3) is 2.09. The average molecular weight is 239 g/mol. The molecule has 4 heteroatoms. The summed E-state index contributed by atoms with van der Waals surface area (Å²) in [6, 6.07) is 4.72. The summed E-state index contributed by atoms with van der Waals surface area (Å²) in [4.78, 5) is 4.17. The molecule has 0 amide bonds. The predicted octanol–water partition coefficient (Wildman–Crippen LogP) is 3.34. The lowest BCUT2D eigenvalue weighted by Crippen LogP contribution is -2.02. The first-order valence-corrected chi connectivity index (χ1v) is 5.38. The van der Waals surface area contributed by atoms with Crippen molar-refractivity contribution in [2.24, 2.45) is 0 Å². The van der Waals surface area contributed by atoms with Crippen molar-refractivity contribution < 1.29 is 4.39 Å². The molecule has 84 valence electrons. The van der Waals surface area contributed by atoms with Crippen LogP contribution in [0.1, 0.15) is 17.0 Å². The van der Waals surface area contributed by atoms with E-state index in [-0.39, 0.29) is 5.82 Å². The number of benzene rings is 1. The monoisotopic (exact) mass is 238 g/mol. The van der Waals surface area contributed by atoms with Crippen LogP contribution in [0.3, 0.4) is 0 Å². The lowest BCUT2D eigenvalue weighted by Gasteiger charge is -2.07. The third-order valence-corrected chi connectivity index (χ3v) is 2.94. The Morgan fingerprint density at radius 1 is 1.38 bits per heavy atom. The van der Waals surface area contributed by atoms with Gasteiger partial charge in [0.2, 0.25) is 0 Å². The molecule has 0 bridgehead atoms. The highest BCUT2D eigenvalue weighted by Crippen LogP contribution is 2.16. The lowest BCUT2D eigenvalue weighted by molar-refractivity contribution is 0.597. The van der Waals surface area contributed by atoms with E-state index in [2.05, 4.69) is 4.98 Å². The Kier molecular flexibility index (Phi) is 2.97. The Morgan fingerprint density at radius 2 is 2.12 bits per heavy atom. The first kappa shape index (κ1) is 11.1. The predicted molar refractivity (Wildman–Crippen MR) is 62.2 cm³/mol. The van der Waals surface area contributed by atoms with E-state index in [1.54, 1.807) is 18.5 Å². The van der Waals surface area contributed by atoms with Crippen LogP contribution in [0.5, 0.6) is 0 Å². The van der Waals surface area contributed by atoms with Crippen LogP contribution in [0.4, 0.5) is 4.39 Å². The maximum Gasteiger partial charge on any atom is 0.129 e. The van der Waals surface area contributed by atoms with Crippen LogP contribution in [-0.4, -0.2) is 9.55 Å². The number of aromatic nitrogens is 2. The van der Waals surface area contributed by atoms with Gasteiger partial charge in [0.25, 0.3) is 0 Å². The Morgan fingerprint density at radius 3 is 2.69 bits per heavy atom. The Hall–Kier alpha value is -1.35. The Bertz CT molecular complexity index is 520. The maximum atomic E-state index is 13.6. The Labute approximate surface area is 98.7 Å². The molecule has 0 spiro atoms. The maximum absolute atomic E-state index is 13.6. The van der Waals surface area contributed by atoms with E-state index >= 15 is 0 Å². The van der Waals surface area contributed by atoms with Crippen molar-refractivity contribution in [2.75, 3.05) is 0 Å². The molecule has 0 unspecified atom stereocenters. The van der Waals surface area contributed by atoms with E-state index < -0.39 is 0 Å². The molecule has 0 atom stereocenters. The van der Waals surface area contributed by atoms with Crippen LogP contribution in [0, 0.1) is 19.7 Å². The van der Waals surface area contributed by atoms with Crippen molar-refractivity contribution in [3.05, 3.63) is 52.3 Å². The van der Waals surface area contributed by atoms with Crippen molar-refractivity contribution >= 4 is 11.6 Å². The molecule has 0 N–H and O–H groups in total.